The minimum atomic E-state index is -2.13. The molecule has 10 heteroatoms. The zero-order valence-corrected chi connectivity index (χ0v) is 18.6. The summed E-state index contributed by atoms with van der Waals surface area (Å²) in [5, 5.41) is 53.4. The van der Waals surface area contributed by atoms with E-state index in [0.717, 1.165) is 32.1 Å². The van der Waals surface area contributed by atoms with Gasteiger partial charge in [-0.15, -0.1) is 0 Å². The van der Waals surface area contributed by atoms with Gasteiger partial charge in [0.25, 0.3) is 0 Å². The first-order valence-corrected chi connectivity index (χ1v) is 10.8. The van der Waals surface area contributed by atoms with E-state index in [1.807, 2.05) is 0 Å². The monoisotopic (exact) mass is 448 g/mol. The van der Waals surface area contributed by atoms with Gasteiger partial charge in [0.1, 0.15) is 18.3 Å². The highest BCUT2D eigenvalue weighted by atomic mass is 16.6. The fourth-order valence-corrected chi connectivity index (χ4v) is 3.83. The molecular weight excluding hydrogens is 410 g/mol. The van der Waals surface area contributed by atoms with Crippen molar-refractivity contribution < 1.29 is 44.6 Å². The number of carbonyl (C=O) groups excluding carboxylic acids is 2. The molecule has 0 aromatic heterocycles. The molecule has 1 saturated heterocycles. The van der Waals surface area contributed by atoms with Crippen molar-refractivity contribution in [2.45, 2.75) is 95.0 Å². The first-order chi connectivity index (χ1) is 14.6. The molecule has 1 amide bonds. The Morgan fingerprint density at radius 2 is 1.90 bits per heavy atom. The summed E-state index contributed by atoms with van der Waals surface area (Å²) in [6.07, 6.45) is -0.0736. The molecule has 6 N–H and O–H groups in total. The van der Waals surface area contributed by atoms with Crippen molar-refractivity contribution in [1.29, 1.82) is 0 Å². The van der Waals surface area contributed by atoms with Crippen LogP contribution >= 0.6 is 0 Å². The van der Waals surface area contributed by atoms with E-state index in [1.165, 1.54) is 20.5 Å². The maximum absolute atomic E-state index is 12.2. The minimum Gasteiger partial charge on any atom is -0.469 e. The average molecular weight is 449 g/mol. The first-order valence-electron chi connectivity index (χ1n) is 10.8. The van der Waals surface area contributed by atoms with Gasteiger partial charge in [-0.05, 0) is 6.42 Å². The Bertz CT molecular complexity index is 561. The molecule has 1 rings (SSSR count). The molecule has 0 aromatic carbocycles. The summed E-state index contributed by atoms with van der Waals surface area (Å²) < 4.78 is 10.4. The van der Waals surface area contributed by atoms with Gasteiger partial charge in [0, 0.05) is 19.8 Å². The second-order valence-corrected chi connectivity index (χ2v) is 8.16. The smallest absolute Gasteiger partial charge is 0.309 e. The van der Waals surface area contributed by atoms with Gasteiger partial charge in [-0.2, -0.15) is 0 Å². The third-order valence-electron chi connectivity index (χ3n) is 5.48. The van der Waals surface area contributed by atoms with Crippen molar-refractivity contribution in [2.24, 2.45) is 5.92 Å². The van der Waals surface area contributed by atoms with E-state index in [-0.39, 0.29) is 6.42 Å². The highest BCUT2D eigenvalue weighted by Gasteiger charge is 2.51. The van der Waals surface area contributed by atoms with Gasteiger partial charge in [-0.1, -0.05) is 39.0 Å². The van der Waals surface area contributed by atoms with Crippen LogP contribution in [0.25, 0.3) is 0 Å². The molecule has 1 fully saturated rings. The van der Waals surface area contributed by atoms with Gasteiger partial charge in [0.05, 0.1) is 31.8 Å². The van der Waals surface area contributed by atoms with Gasteiger partial charge in [-0.25, -0.2) is 0 Å². The zero-order valence-electron chi connectivity index (χ0n) is 18.6. The molecule has 31 heavy (non-hydrogen) atoms. The van der Waals surface area contributed by atoms with E-state index in [2.05, 4.69) is 12.2 Å². The van der Waals surface area contributed by atoms with Crippen LogP contribution in [0.4, 0.5) is 0 Å². The molecule has 1 aliphatic rings. The highest BCUT2D eigenvalue weighted by Crippen LogP contribution is 2.35. The molecule has 1 heterocycles. The summed E-state index contributed by atoms with van der Waals surface area (Å²) in [5.74, 6) is -4.03. The van der Waals surface area contributed by atoms with Crippen LogP contribution in [0.15, 0.2) is 0 Å². The number of aliphatic hydroxyl groups is 5. The van der Waals surface area contributed by atoms with Crippen LogP contribution in [0.3, 0.4) is 0 Å². The van der Waals surface area contributed by atoms with Crippen LogP contribution in [-0.2, 0) is 19.1 Å². The van der Waals surface area contributed by atoms with Crippen molar-refractivity contribution in [3.8, 4) is 0 Å². The van der Waals surface area contributed by atoms with E-state index in [0.29, 0.717) is 6.42 Å². The van der Waals surface area contributed by atoms with Crippen molar-refractivity contribution in [3.05, 3.63) is 6.42 Å². The maximum atomic E-state index is 12.2. The van der Waals surface area contributed by atoms with Crippen molar-refractivity contribution in [3.63, 3.8) is 0 Å². The van der Waals surface area contributed by atoms with E-state index in [9.17, 15) is 30.0 Å². The number of esters is 1. The first kappa shape index (κ1) is 27.7. The summed E-state index contributed by atoms with van der Waals surface area (Å²) in [6.45, 7) is 2.51. The number of hydrogen-bond donors (Lipinski definition) is 6. The predicted octanol–water partition coefficient (Wildman–Crippen LogP) is -0.602. The van der Waals surface area contributed by atoms with E-state index >= 15 is 0 Å². The molecule has 1 radical (unpaired) electrons. The number of amides is 1. The average Bonchev–Trinajstić information content (AvgIpc) is 2.72. The third-order valence-corrected chi connectivity index (χ3v) is 5.48. The lowest BCUT2D eigenvalue weighted by Crippen LogP contribution is -2.66. The zero-order chi connectivity index (χ0) is 23.6. The minimum absolute atomic E-state index is 0.375. The van der Waals surface area contributed by atoms with E-state index in [4.69, 9.17) is 14.6 Å². The summed E-state index contributed by atoms with van der Waals surface area (Å²) in [4.78, 5) is 23.8. The van der Waals surface area contributed by atoms with Gasteiger partial charge in [0.15, 0.2) is 5.79 Å². The van der Waals surface area contributed by atoms with Crippen LogP contribution in [-0.4, -0.2) is 87.4 Å². The van der Waals surface area contributed by atoms with Gasteiger partial charge >= 0.3 is 5.97 Å². The van der Waals surface area contributed by atoms with Crippen LogP contribution in [0, 0.1) is 12.3 Å². The van der Waals surface area contributed by atoms with Gasteiger partial charge < -0.3 is 40.3 Å². The largest absolute Gasteiger partial charge is 0.469 e. The van der Waals surface area contributed by atoms with Crippen LogP contribution in [0.2, 0.25) is 0 Å². The van der Waals surface area contributed by atoms with Crippen LogP contribution in [0.1, 0.15) is 58.8 Å². The molecule has 1 aliphatic heterocycles. The summed E-state index contributed by atoms with van der Waals surface area (Å²) in [7, 11) is 1.23. The van der Waals surface area contributed by atoms with Crippen LogP contribution in [0.5, 0.6) is 0 Å². The predicted molar refractivity (Wildman–Crippen MR) is 110 cm³/mol. The fourth-order valence-electron chi connectivity index (χ4n) is 3.83. The quantitative estimate of drug-likeness (QED) is 0.159. The molecule has 0 spiro atoms. The standard InChI is InChI=1S/C21H38NO9/c1-4-5-6-7-8-9-14(20(28)30-3)10-21(29)11-15(25)17(22-13(2)24)19(31-21)18(27)16(26)12-23/h10,14-19,23,25-27,29H,4-9,11-12H2,1-3H3,(H,22,24)/t14?,15-,16+,17+,18+,19+,21+/m0/s1. The lowest BCUT2D eigenvalue weighted by atomic mass is 9.84. The molecular formula is C21H38NO9. The lowest BCUT2D eigenvalue weighted by Gasteiger charge is -2.47. The topological polar surface area (TPSA) is 166 Å². The second-order valence-electron chi connectivity index (χ2n) is 8.16. The molecule has 10 nitrogen and oxygen atoms in total. The van der Waals surface area contributed by atoms with Crippen molar-refractivity contribution >= 4 is 11.9 Å². The number of unbranched alkanes of at least 4 members (excludes halogenated alkanes) is 4. The van der Waals surface area contributed by atoms with Gasteiger partial charge in [0.2, 0.25) is 5.91 Å². The SMILES string of the molecule is CCCCCCCC([CH][C@]1(O)C[C@H](O)[C@@H](NC(C)=O)[C@H]([C@H](O)[C@H](O)CO)O1)C(=O)OC. The Hall–Kier alpha value is -1.30. The third kappa shape index (κ3) is 8.63. The molecule has 0 aromatic rings. The molecule has 181 valence electrons. The normalized spacial score (nSPS) is 29.1. The fraction of sp³-hybridized carbons (Fsp3) is 0.857. The summed E-state index contributed by atoms with van der Waals surface area (Å²) in [6, 6.07) is -1.15. The number of carbonyl (C=O) groups is 2. The summed E-state index contributed by atoms with van der Waals surface area (Å²) >= 11 is 0. The number of aliphatic hydroxyl groups excluding tert-OH is 4. The number of hydrogen-bond acceptors (Lipinski definition) is 9. The number of nitrogens with one attached hydrogen (secondary N) is 1. The number of ether oxygens (including phenoxy) is 2. The van der Waals surface area contributed by atoms with Crippen molar-refractivity contribution in [2.75, 3.05) is 13.7 Å². The lowest BCUT2D eigenvalue weighted by molar-refractivity contribution is -0.288. The molecule has 0 aliphatic carbocycles. The maximum Gasteiger partial charge on any atom is 0.309 e. The highest BCUT2D eigenvalue weighted by molar-refractivity contribution is 5.74. The summed E-state index contributed by atoms with van der Waals surface area (Å²) in [5.41, 5.74) is 0. The second kappa shape index (κ2) is 13.3. The molecule has 0 saturated carbocycles. The molecule has 1 unspecified atom stereocenters. The Kier molecular flexibility index (Phi) is 11.9. The van der Waals surface area contributed by atoms with Crippen molar-refractivity contribution in [1.82, 2.24) is 5.32 Å². The van der Waals surface area contributed by atoms with Crippen LogP contribution < -0.4 is 5.32 Å². The Balaban J connectivity index is 2.98. The van der Waals surface area contributed by atoms with E-state index < -0.39 is 60.6 Å². The Morgan fingerprint density at radius 1 is 1.26 bits per heavy atom. The van der Waals surface area contributed by atoms with E-state index in [1.54, 1.807) is 0 Å². The number of methoxy groups -OCH3 is 1. The molecule has 0 bridgehead atoms. The van der Waals surface area contributed by atoms with Gasteiger partial charge in [-0.3, -0.25) is 9.59 Å². The Labute approximate surface area is 183 Å². The molecule has 7 atom stereocenters. The number of rotatable bonds is 13. The Morgan fingerprint density at radius 3 is 2.45 bits per heavy atom.